The predicted octanol–water partition coefficient (Wildman–Crippen LogP) is 1.85. The Kier molecular flexibility index (Phi) is 4.58. The summed E-state index contributed by atoms with van der Waals surface area (Å²) >= 11 is 1.27. The van der Waals surface area contributed by atoms with Gasteiger partial charge in [0.2, 0.25) is 5.91 Å². The van der Waals surface area contributed by atoms with Gasteiger partial charge in [0.25, 0.3) is 5.91 Å². The molecular weight excluding hydrogens is 324 g/mol. The second-order valence-electron chi connectivity index (χ2n) is 5.65. The maximum atomic E-state index is 12.5. The van der Waals surface area contributed by atoms with E-state index in [4.69, 9.17) is 5.26 Å². The Morgan fingerprint density at radius 3 is 2.83 bits per heavy atom. The van der Waals surface area contributed by atoms with Gasteiger partial charge >= 0.3 is 0 Å². The molecule has 2 aromatic rings. The number of nitriles is 1. The van der Waals surface area contributed by atoms with Crippen LogP contribution >= 0.6 is 11.3 Å². The standard InChI is InChI=1S/C17H16N4O2S/c1-11-15(24-10-19-11)16(22)20-14-6-7-21(17(14)23)9-13-4-2-12(8-18)3-5-13/h2-5,10,14H,6-7,9H2,1H3,(H,20,22)/t14-/m0/s1. The lowest BCUT2D eigenvalue weighted by Gasteiger charge is -2.17. The number of benzene rings is 1. The van der Waals surface area contributed by atoms with Crippen molar-refractivity contribution in [3.8, 4) is 6.07 Å². The van der Waals surface area contributed by atoms with Gasteiger partial charge in [0.05, 0.1) is 22.8 Å². The molecule has 122 valence electrons. The lowest BCUT2D eigenvalue weighted by molar-refractivity contribution is -0.129. The number of aryl methyl sites for hydroxylation is 1. The largest absolute Gasteiger partial charge is 0.339 e. The molecule has 3 rings (SSSR count). The first-order valence-electron chi connectivity index (χ1n) is 7.57. The molecule has 1 fully saturated rings. The van der Waals surface area contributed by atoms with E-state index in [1.807, 2.05) is 12.1 Å². The summed E-state index contributed by atoms with van der Waals surface area (Å²) in [6.07, 6.45) is 0.596. The smallest absolute Gasteiger partial charge is 0.263 e. The summed E-state index contributed by atoms with van der Waals surface area (Å²) in [7, 11) is 0. The van der Waals surface area contributed by atoms with Crippen molar-refractivity contribution in [1.29, 1.82) is 5.26 Å². The van der Waals surface area contributed by atoms with Crippen LogP contribution in [0.1, 0.15) is 32.9 Å². The number of aromatic nitrogens is 1. The van der Waals surface area contributed by atoms with E-state index in [0.29, 0.717) is 35.6 Å². The zero-order chi connectivity index (χ0) is 17.1. The van der Waals surface area contributed by atoms with Crippen LogP contribution in [0.2, 0.25) is 0 Å². The van der Waals surface area contributed by atoms with Gasteiger partial charge in [-0.15, -0.1) is 11.3 Å². The first-order valence-corrected chi connectivity index (χ1v) is 8.45. The molecule has 0 unspecified atom stereocenters. The lowest BCUT2D eigenvalue weighted by atomic mass is 10.1. The number of hydrogen-bond donors (Lipinski definition) is 1. The maximum Gasteiger partial charge on any atom is 0.263 e. The van der Waals surface area contributed by atoms with E-state index in [2.05, 4.69) is 16.4 Å². The molecule has 0 saturated carbocycles. The average molecular weight is 340 g/mol. The second-order valence-corrected chi connectivity index (χ2v) is 6.50. The van der Waals surface area contributed by atoms with Crippen LogP contribution in [0.15, 0.2) is 29.8 Å². The number of nitrogens with zero attached hydrogens (tertiary/aromatic N) is 3. The zero-order valence-electron chi connectivity index (χ0n) is 13.2. The molecular formula is C17H16N4O2S. The summed E-state index contributed by atoms with van der Waals surface area (Å²) in [5.41, 5.74) is 3.86. The Balaban J connectivity index is 1.61. The highest BCUT2D eigenvalue weighted by Crippen LogP contribution is 2.18. The number of amides is 2. The van der Waals surface area contributed by atoms with Gasteiger partial charge in [0.1, 0.15) is 10.9 Å². The number of likely N-dealkylation sites (tertiary alicyclic amines) is 1. The van der Waals surface area contributed by atoms with Crippen LogP contribution in [0.4, 0.5) is 0 Å². The van der Waals surface area contributed by atoms with Gasteiger partial charge in [-0.2, -0.15) is 5.26 Å². The predicted molar refractivity (Wildman–Crippen MR) is 89.3 cm³/mol. The summed E-state index contributed by atoms with van der Waals surface area (Å²) < 4.78 is 0. The van der Waals surface area contributed by atoms with Crippen molar-refractivity contribution in [1.82, 2.24) is 15.2 Å². The highest BCUT2D eigenvalue weighted by Gasteiger charge is 2.33. The maximum absolute atomic E-state index is 12.5. The average Bonchev–Trinajstić information content (AvgIpc) is 3.16. The molecule has 1 aromatic carbocycles. The molecule has 1 saturated heterocycles. The van der Waals surface area contributed by atoms with Crippen LogP contribution in [-0.4, -0.2) is 34.3 Å². The first kappa shape index (κ1) is 16.1. The van der Waals surface area contributed by atoms with Crippen LogP contribution in [0, 0.1) is 18.3 Å². The van der Waals surface area contributed by atoms with Crippen LogP contribution in [0.3, 0.4) is 0 Å². The number of rotatable bonds is 4. The second kappa shape index (κ2) is 6.81. The van der Waals surface area contributed by atoms with Crippen LogP contribution in [0.25, 0.3) is 0 Å². The molecule has 7 heteroatoms. The molecule has 0 spiro atoms. The van der Waals surface area contributed by atoms with Gasteiger partial charge in [-0.25, -0.2) is 4.98 Å². The highest BCUT2D eigenvalue weighted by molar-refractivity contribution is 7.11. The quantitative estimate of drug-likeness (QED) is 0.920. The molecule has 1 atom stereocenters. The van der Waals surface area contributed by atoms with Crippen molar-refractivity contribution in [3.63, 3.8) is 0 Å². The zero-order valence-corrected chi connectivity index (χ0v) is 14.0. The topological polar surface area (TPSA) is 86.1 Å². The minimum absolute atomic E-state index is 0.0742. The fraction of sp³-hybridized carbons (Fsp3) is 0.294. The van der Waals surface area contributed by atoms with E-state index < -0.39 is 6.04 Å². The van der Waals surface area contributed by atoms with Crippen molar-refractivity contribution in [2.75, 3.05) is 6.54 Å². The van der Waals surface area contributed by atoms with E-state index in [-0.39, 0.29) is 11.8 Å². The minimum Gasteiger partial charge on any atom is -0.339 e. The van der Waals surface area contributed by atoms with E-state index in [1.165, 1.54) is 11.3 Å². The number of nitrogens with one attached hydrogen (secondary N) is 1. The third-order valence-electron chi connectivity index (χ3n) is 4.01. The van der Waals surface area contributed by atoms with Gasteiger partial charge in [-0.1, -0.05) is 12.1 Å². The normalized spacial score (nSPS) is 16.9. The molecule has 0 aliphatic carbocycles. The molecule has 6 nitrogen and oxygen atoms in total. The summed E-state index contributed by atoms with van der Waals surface area (Å²) in [6, 6.07) is 8.75. The number of carbonyl (C=O) groups excluding carboxylic acids is 2. The Morgan fingerprint density at radius 2 is 2.21 bits per heavy atom. The third kappa shape index (κ3) is 3.29. The molecule has 2 amide bonds. The fourth-order valence-corrected chi connectivity index (χ4v) is 3.38. The van der Waals surface area contributed by atoms with Gasteiger partial charge in [-0.3, -0.25) is 9.59 Å². The molecule has 1 N–H and O–H groups in total. The fourth-order valence-electron chi connectivity index (χ4n) is 2.68. The van der Waals surface area contributed by atoms with Gasteiger partial charge in [0, 0.05) is 13.1 Å². The van der Waals surface area contributed by atoms with Crippen molar-refractivity contribution in [3.05, 3.63) is 51.5 Å². The minimum atomic E-state index is -0.489. The molecule has 2 heterocycles. The van der Waals surface area contributed by atoms with E-state index in [0.717, 1.165) is 5.56 Å². The van der Waals surface area contributed by atoms with Gasteiger partial charge < -0.3 is 10.2 Å². The van der Waals surface area contributed by atoms with Crippen molar-refractivity contribution < 1.29 is 9.59 Å². The summed E-state index contributed by atoms with van der Waals surface area (Å²) in [5, 5.41) is 11.6. The number of thiazole rings is 1. The summed E-state index contributed by atoms with van der Waals surface area (Å²) in [4.78, 5) is 31.0. The Labute approximate surface area is 143 Å². The summed E-state index contributed by atoms with van der Waals surface area (Å²) in [6.45, 7) is 2.86. The third-order valence-corrected chi connectivity index (χ3v) is 4.94. The lowest BCUT2D eigenvalue weighted by Crippen LogP contribution is -2.41. The molecule has 1 aromatic heterocycles. The Hall–Kier alpha value is -2.72. The monoisotopic (exact) mass is 340 g/mol. The molecule has 1 aliphatic heterocycles. The van der Waals surface area contributed by atoms with Crippen molar-refractivity contribution in [2.45, 2.75) is 25.9 Å². The molecule has 0 bridgehead atoms. The van der Waals surface area contributed by atoms with E-state index in [1.54, 1.807) is 29.5 Å². The Bertz CT molecular complexity index is 807. The summed E-state index contributed by atoms with van der Waals surface area (Å²) in [5.74, 6) is -0.316. The van der Waals surface area contributed by atoms with Crippen LogP contribution in [0.5, 0.6) is 0 Å². The van der Waals surface area contributed by atoms with Crippen molar-refractivity contribution in [2.24, 2.45) is 0 Å². The molecule has 1 aliphatic rings. The van der Waals surface area contributed by atoms with E-state index in [9.17, 15) is 9.59 Å². The SMILES string of the molecule is Cc1ncsc1C(=O)N[C@H]1CCN(Cc2ccc(C#N)cc2)C1=O. The molecule has 0 radical (unpaired) electrons. The molecule has 24 heavy (non-hydrogen) atoms. The highest BCUT2D eigenvalue weighted by atomic mass is 32.1. The van der Waals surface area contributed by atoms with E-state index >= 15 is 0 Å². The van der Waals surface area contributed by atoms with Crippen molar-refractivity contribution >= 4 is 23.2 Å². The number of hydrogen-bond acceptors (Lipinski definition) is 5. The van der Waals surface area contributed by atoms with Gasteiger partial charge in [0.15, 0.2) is 0 Å². The Morgan fingerprint density at radius 1 is 1.46 bits per heavy atom. The first-order chi connectivity index (χ1) is 11.6. The van der Waals surface area contributed by atoms with Gasteiger partial charge in [-0.05, 0) is 31.0 Å². The number of carbonyl (C=O) groups is 2. The van der Waals surface area contributed by atoms with Crippen LogP contribution in [-0.2, 0) is 11.3 Å². The van der Waals surface area contributed by atoms with Crippen LogP contribution < -0.4 is 5.32 Å².